The minimum atomic E-state index is -3.85. The van der Waals surface area contributed by atoms with Crippen molar-refractivity contribution in [1.29, 1.82) is 0 Å². The Balaban J connectivity index is 2.15. The molecule has 0 unspecified atom stereocenters. The van der Waals surface area contributed by atoms with Crippen LogP contribution in [0.3, 0.4) is 0 Å². The summed E-state index contributed by atoms with van der Waals surface area (Å²) in [5.74, 6) is -0.412. The zero-order chi connectivity index (χ0) is 18.9. The van der Waals surface area contributed by atoms with Gasteiger partial charge in [0.2, 0.25) is 4.80 Å². The topological polar surface area (TPSA) is 77.7 Å². The highest BCUT2D eigenvalue weighted by Crippen LogP contribution is 2.27. The molecule has 0 N–H and O–H groups in total. The number of sulfonamides is 1. The summed E-state index contributed by atoms with van der Waals surface area (Å²) in [6, 6.07) is 8.09. The highest BCUT2D eigenvalue weighted by atomic mass is 35.5. The lowest BCUT2D eigenvalue weighted by Gasteiger charge is -2.03. The molecule has 3 rings (SSSR count). The molecule has 6 nitrogen and oxygen atoms in total. The van der Waals surface area contributed by atoms with Crippen molar-refractivity contribution in [3.63, 3.8) is 0 Å². The molecule has 0 saturated carbocycles. The third-order valence-corrected chi connectivity index (χ3v) is 7.63. The van der Waals surface area contributed by atoms with Crippen LogP contribution in [-0.2, 0) is 21.3 Å². The highest BCUT2D eigenvalue weighted by molar-refractivity contribution is 7.92. The first-order chi connectivity index (χ1) is 12.4. The maximum Gasteiger partial charge on any atom is 0.338 e. The maximum absolute atomic E-state index is 12.5. The summed E-state index contributed by atoms with van der Waals surface area (Å²) in [6.07, 6.45) is 0. The lowest BCUT2D eigenvalue weighted by molar-refractivity contribution is 0.0526. The average molecular weight is 431 g/mol. The van der Waals surface area contributed by atoms with Crippen LogP contribution < -0.4 is 4.80 Å². The van der Waals surface area contributed by atoms with Crippen LogP contribution in [0.2, 0.25) is 4.34 Å². The zero-order valence-electron chi connectivity index (χ0n) is 13.9. The van der Waals surface area contributed by atoms with Gasteiger partial charge < -0.3 is 9.30 Å². The molecule has 0 radical (unpaired) electrons. The summed E-state index contributed by atoms with van der Waals surface area (Å²) in [4.78, 5) is 12.3. The number of rotatable bonds is 5. The van der Waals surface area contributed by atoms with Crippen LogP contribution >= 0.6 is 34.3 Å². The van der Waals surface area contributed by atoms with Crippen LogP contribution in [0.1, 0.15) is 24.2 Å². The van der Waals surface area contributed by atoms with Crippen molar-refractivity contribution in [3.8, 4) is 0 Å². The van der Waals surface area contributed by atoms with Gasteiger partial charge in [0.15, 0.2) is 0 Å². The molecule has 0 saturated heterocycles. The van der Waals surface area contributed by atoms with Gasteiger partial charge in [-0.1, -0.05) is 22.9 Å². The van der Waals surface area contributed by atoms with Gasteiger partial charge in [-0.3, -0.25) is 0 Å². The first-order valence-corrected chi connectivity index (χ1v) is 11.2. The minimum Gasteiger partial charge on any atom is -0.462 e. The zero-order valence-corrected chi connectivity index (χ0v) is 17.1. The second kappa shape index (κ2) is 7.51. The highest BCUT2D eigenvalue weighted by Gasteiger charge is 2.17. The number of benzene rings is 1. The van der Waals surface area contributed by atoms with Crippen molar-refractivity contribution < 1.29 is 17.9 Å². The molecule has 0 bridgehead atoms. The summed E-state index contributed by atoms with van der Waals surface area (Å²) in [5.41, 5.74) is 1.23. The van der Waals surface area contributed by atoms with Crippen molar-refractivity contribution in [2.45, 2.75) is 24.6 Å². The van der Waals surface area contributed by atoms with Crippen molar-refractivity contribution in [2.24, 2.45) is 4.40 Å². The molecule has 0 fully saturated rings. The second-order valence-electron chi connectivity index (χ2n) is 5.16. The average Bonchev–Trinajstić information content (AvgIpc) is 3.17. The van der Waals surface area contributed by atoms with Crippen LogP contribution in [0.25, 0.3) is 10.2 Å². The Morgan fingerprint density at radius 2 is 2.00 bits per heavy atom. The van der Waals surface area contributed by atoms with Crippen LogP contribution in [0.5, 0.6) is 0 Å². The number of aromatic nitrogens is 1. The van der Waals surface area contributed by atoms with Gasteiger partial charge >= 0.3 is 5.97 Å². The van der Waals surface area contributed by atoms with Crippen molar-refractivity contribution in [1.82, 2.24) is 4.57 Å². The molecule has 2 aromatic heterocycles. The second-order valence-corrected chi connectivity index (χ2v) is 9.71. The van der Waals surface area contributed by atoms with Gasteiger partial charge in [0.05, 0.1) is 26.7 Å². The predicted molar refractivity (Wildman–Crippen MR) is 104 cm³/mol. The first-order valence-electron chi connectivity index (χ1n) is 7.72. The van der Waals surface area contributed by atoms with Gasteiger partial charge in [-0.2, -0.15) is 8.42 Å². The Hall–Kier alpha value is -1.68. The van der Waals surface area contributed by atoms with E-state index < -0.39 is 16.0 Å². The van der Waals surface area contributed by atoms with Crippen molar-refractivity contribution >= 4 is 60.5 Å². The maximum atomic E-state index is 12.5. The SMILES string of the molecule is CCOC(=O)c1ccc2c(c1)s/c(=N\S(=O)(=O)c1ccc(Cl)s1)n2CC. The Kier molecular flexibility index (Phi) is 5.52. The fraction of sp³-hybridized carbons (Fsp3) is 0.250. The Morgan fingerprint density at radius 3 is 2.62 bits per heavy atom. The number of carbonyl (C=O) groups is 1. The molecule has 10 heteroatoms. The van der Waals surface area contributed by atoms with Gasteiger partial charge in [-0.25, -0.2) is 4.79 Å². The van der Waals surface area contributed by atoms with E-state index in [-0.39, 0.29) is 4.21 Å². The normalized spacial score (nSPS) is 12.7. The Bertz CT molecular complexity index is 1140. The molecule has 0 atom stereocenters. The quantitative estimate of drug-likeness (QED) is 0.575. The molecule has 3 aromatic rings. The molecule has 1 aromatic carbocycles. The number of hydrogen-bond acceptors (Lipinski definition) is 6. The third-order valence-electron chi connectivity index (χ3n) is 3.51. The number of esters is 1. The van der Waals surface area contributed by atoms with E-state index in [2.05, 4.69) is 4.40 Å². The van der Waals surface area contributed by atoms with Crippen molar-refractivity contribution in [3.05, 3.63) is 45.0 Å². The van der Waals surface area contributed by atoms with E-state index in [1.807, 2.05) is 6.92 Å². The summed E-state index contributed by atoms with van der Waals surface area (Å²) in [7, 11) is -3.85. The number of thiazole rings is 1. The standard InChI is InChI=1S/C16H15ClN2O4S3/c1-3-19-11-6-5-10(15(20)23-4-2)9-12(11)24-16(19)18-26(21,22)14-8-7-13(17)25-14/h5-9H,3-4H2,1-2H3/b18-16-. The van der Waals surface area contributed by atoms with Gasteiger partial charge in [0.1, 0.15) is 4.21 Å². The Labute approximate surface area is 163 Å². The van der Waals surface area contributed by atoms with E-state index in [9.17, 15) is 13.2 Å². The first kappa shape index (κ1) is 19.1. The molecule has 0 spiro atoms. The van der Waals surface area contributed by atoms with Gasteiger partial charge in [-0.15, -0.1) is 15.7 Å². The minimum absolute atomic E-state index is 0.0924. The Morgan fingerprint density at radius 1 is 1.23 bits per heavy atom. The smallest absolute Gasteiger partial charge is 0.338 e. The largest absolute Gasteiger partial charge is 0.462 e. The van der Waals surface area contributed by atoms with E-state index in [1.54, 1.807) is 29.7 Å². The van der Waals surface area contributed by atoms with Gasteiger partial charge in [0.25, 0.3) is 10.0 Å². The van der Waals surface area contributed by atoms with Crippen LogP contribution in [-0.4, -0.2) is 25.6 Å². The molecule has 2 heterocycles. The van der Waals surface area contributed by atoms with E-state index in [0.29, 0.717) is 27.9 Å². The van der Waals surface area contributed by atoms with Crippen molar-refractivity contribution in [2.75, 3.05) is 6.61 Å². The fourth-order valence-electron chi connectivity index (χ4n) is 2.37. The van der Waals surface area contributed by atoms with Gasteiger partial charge in [-0.05, 0) is 44.2 Å². The monoisotopic (exact) mass is 430 g/mol. The lowest BCUT2D eigenvalue weighted by Crippen LogP contribution is -2.15. The van der Waals surface area contributed by atoms with E-state index >= 15 is 0 Å². The van der Waals surface area contributed by atoms with E-state index in [4.69, 9.17) is 16.3 Å². The van der Waals surface area contributed by atoms with Crippen LogP contribution in [0.15, 0.2) is 38.9 Å². The molecule has 138 valence electrons. The number of nitrogens with zero attached hydrogens (tertiary/aromatic N) is 2. The van der Waals surface area contributed by atoms with E-state index in [1.165, 1.54) is 23.5 Å². The third kappa shape index (κ3) is 3.71. The number of fused-ring (bicyclic) bond motifs is 1. The molecule has 0 aliphatic heterocycles. The number of hydrogen-bond donors (Lipinski definition) is 0. The predicted octanol–water partition coefficient (Wildman–Crippen LogP) is 3.90. The summed E-state index contributed by atoms with van der Waals surface area (Å²) in [5, 5.41) is 0. The summed E-state index contributed by atoms with van der Waals surface area (Å²) < 4.78 is 37.1. The summed E-state index contributed by atoms with van der Waals surface area (Å²) >= 11 is 8.00. The molecule has 26 heavy (non-hydrogen) atoms. The summed E-state index contributed by atoms with van der Waals surface area (Å²) in [6.45, 7) is 4.47. The van der Waals surface area contributed by atoms with Crippen LogP contribution in [0.4, 0.5) is 0 Å². The number of thiophene rings is 1. The van der Waals surface area contributed by atoms with Crippen LogP contribution in [0, 0.1) is 0 Å². The van der Waals surface area contributed by atoms with E-state index in [0.717, 1.165) is 21.6 Å². The molecule has 0 amide bonds. The number of carbonyl (C=O) groups excluding carboxylic acids is 1. The fourth-order valence-corrected chi connectivity index (χ4v) is 6.17. The molecular formula is C16H15ClN2O4S3. The number of halogens is 1. The number of aryl methyl sites for hydroxylation is 1. The molecule has 0 aliphatic carbocycles. The van der Waals surface area contributed by atoms with Gasteiger partial charge in [0, 0.05) is 6.54 Å². The molecular weight excluding hydrogens is 416 g/mol. The number of ether oxygens (including phenoxy) is 1. The lowest BCUT2D eigenvalue weighted by atomic mass is 10.2. The molecule has 0 aliphatic rings.